The summed E-state index contributed by atoms with van der Waals surface area (Å²) in [5.41, 5.74) is 2.87. The number of benzene rings is 2. The van der Waals surface area contributed by atoms with Crippen molar-refractivity contribution in [2.75, 3.05) is 17.6 Å². The maximum Gasteiger partial charge on any atom is 0.229 e. The first kappa shape index (κ1) is 19.0. The molecule has 1 aliphatic rings. The molecule has 5 nitrogen and oxygen atoms in total. The van der Waals surface area contributed by atoms with E-state index < -0.39 is 16.1 Å². The predicted molar refractivity (Wildman–Crippen MR) is 112 cm³/mol. The smallest absolute Gasteiger partial charge is 0.229 e. The number of fused-ring (bicyclic) bond motifs is 1. The fourth-order valence-corrected chi connectivity index (χ4v) is 4.87. The molecule has 2 N–H and O–H groups in total. The van der Waals surface area contributed by atoms with E-state index in [1.54, 1.807) is 23.5 Å². The largest absolute Gasteiger partial charge is 0.493 e. The molecule has 1 aliphatic heterocycles. The van der Waals surface area contributed by atoms with Crippen LogP contribution in [0.5, 0.6) is 5.75 Å². The predicted octanol–water partition coefficient (Wildman–Crippen LogP) is 4.07. The van der Waals surface area contributed by atoms with Crippen molar-refractivity contribution in [3.8, 4) is 16.9 Å². The average molecular weight is 416 g/mol. The molecule has 2 unspecified atom stereocenters. The van der Waals surface area contributed by atoms with Gasteiger partial charge in [-0.15, -0.1) is 11.3 Å². The molecule has 0 fully saturated rings. The van der Waals surface area contributed by atoms with Crippen molar-refractivity contribution in [2.45, 2.75) is 12.5 Å². The van der Waals surface area contributed by atoms with Crippen LogP contribution in [0.1, 0.15) is 16.5 Å². The Morgan fingerprint density at radius 1 is 1.18 bits per heavy atom. The molecular weight excluding hydrogens is 394 g/mol. The lowest BCUT2D eigenvalue weighted by Crippen LogP contribution is -2.27. The number of nitrogens with one attached hydrogen (secondary N) is 1. The van der Waals surface area contributed by atoms with Crippen LogP contribution in [-0.2, 0) is 16.4 Å². The van der Waals surface area contributed by atoms with E-state index in [2.05, 4.69) is 10.8 Å². The van der Waals surface area contributed by atoms with Gasteiger partial charge in [-0.3, -0.25) is 4.72 Å². The van der Waals surface area contributed by atoms with Gasteiger partial charge in [0.05, 0.1) is 24.7 Å². The molecule has 0 spiro atoms. The summed E-state index contributed by atoms with van der Waals surface area (Å²) in [5.74, 6) is 0.651. The number of rotatable bonds is 5. The second kappa shape index (κ2) is 7.58. The quantitative estimate of drug-likeness (QED) is 0.659. The molecule has 28 heavy (non-hydrogen) atoms. The van der Waals surface area contributed by atoms with Gasteiger partial charge >= 0.3 is 0 Å². The summed E-state index contributed by atoms with van der Waals surface area (Å²) in [6, 6.07) is 16.9. The lowest BCUT2D eigenvalue weighted by atomic mass is 9.89. The molecule has 0 saturated heterocycles. The van der Waals surface area contributed by atoms with Crippen molar-refractivity contribution in [1.82, 2.24) is 0 Å². The topological polar surface area (TPSA) is 75.6 Å². The van der Waals surface area contributed by atoms with Crippen LogP contribution in [-0.4, -0.2) is 26.4 Å². The van der Waals surface area contributed by atoms with Gasteiger partial charge in [-0.1, -0.05) is 36.4 Å². The third kappa shape index (κ3) is 4.06. The van der Waals surface area contributed by atoms with Crippen LogP contribution in [0.3, 0.4) is 0 Å². The molecule has 7 heteroatoms. The van der Waals surface area contributed by atoms with Gasteiger partial charge in [0.15, 0.2) is 0 Å². The molecule has 0 aliphatic carbocycles. The number of ether oxygens (including phenoxy) is 1. The minimum Gasteiger partial charge on any atom is -0.493 e. The van der Waals surface area contributed by atoms with Gasteiger partial charge in [0.2, 0.25) is 10.0 Å². The van der Waals surface area contributed by atoms with Crippen molar-refractivity contribution in [2.24, 2.45) is 5.92 Å². The van der Waals surface area contributed by atoms with E-state index in [1.165, 1.54) is 4.88 Å². The molecule has 1 aromatic heterocycles. The third-order valence-corrected chi connectivity index (χ3v) is 6.30. The molecule has 0 amide bonds. The first-order valence-electron chi connectivity index (χ1n) is 8.95. The fraction of sp³-hybridized carbons (Fsp3) is 0.238. The molecule has 4 rings (SSSR count). The minimum atomic E-state index is -3.39. The Balaban J connectivity index is 1.63. The Hall–Kier alpha value is -2.35. The van der Waals surface area contributed by atoms with Crippen molar-refractivity contribution in [3.63, 3.8) is 0 Å². The van der Waals surface area contributed by atoms with Gasteiger partial charge in [-0.05, 0) is 35.6 Å². The van der Waals surface area contributed by atoms with Crippen LogP contribution in [0.4, 0.5) is 5.69 Å². The molecule has 146 valence electrons. The number of aliphatic hydroxyl groups is 1. The van der Waals surface area contributed by atoms with E-state index in [-0.39, 0.29) is 5.92 Å². The molecular formula is C21H21NO4S2. The minimum absolute atomic E-state index is 0.0104. The summed E-state index contributed by atoms with van der Waals surface area (Å²) in [7, 11) is -3.39. The Bertz CT molecular complexity index is 1080. The van der Waals surface area contributed by atoms with E-state index in [9.17, 15) is 13.5 Å². The second-order valence-corrected chi connectivity index (χ2v) is 9.75. The number of hydrogen-bond acceptors (Lipinski definition) is 5. The summed E-state index contributed by atoms with van der Waals surface area (Å²) in [6.45, 7) is 0.443. The lowest BCUT2D eigenvalue weighted by molar-refractivity contribution is 0.0513. The third-order valence-electron chi connectivity index (χ3n) is 4.81. The number of aliphatic hydroxyl groups excluding tert-OH is 1. The lowest BCUT2D eigenvalue weighted by Gasteiger charge is -2.30. The van der Waals surface area contributed by atoms with Gasteiger partial charge in [-0.25, -0.2) is 8.42 Å². The summed E-state index contributed by atoms with van der Waals surface area (Å²) in [4.78, 5) is 1.23. The van der Waals surface area contributed by atoms with Crippen LogP contribution in [0.2, 0.25) is 0 Å². The van der Waals surface area contributed by atoms with Crippen molar-refractivity contribution < 1.29 is 18.3 Å². The van der Waals surface area contributed by atoms with Crippen LogP contribution in [0.25, 0.3) is 11.1 Å². The number of para-hydroxylation sites is 1. The summed E-state index contributed by atoms with van der Waals surface area (Å²) in [6.07, 6.45) is 1.31. The van der Waals surface area contributed by atoms with Gasteiger partial charge in [0.1, 0.15) is 5.75 Å². The van der Waals surface area contributed by atoms with Gasteiger partial charge in [0, 0.05) is 21.9 Å². The molecule has 2 heterocycles. The van der Waals surface area contributed by atoms with E-state index in [0.29, 0.717) is 18.0 Å². The van der Waals surface area contributed by atoms with Crippen molar-refractivity contribution in [1.29, 1.82) is 0 Å². The molecule has 2 atom stereocenters. The monoisotopic (exact) mass is 415 g/mol. The maximum absolute atomic E-state index is 11.7. The Kier molecular flexibility index (Phi) is 5.14. The highest BCUT2D eigenvalue weighted by atomic mass is 32.2. The summed E-state index contributed by atoms with van der Waals surface area (Å²) >= 11 is 1.68. The van der Waals surface area contributed by atoms with Crippen LogP contribution in [0, 0.1) is 5.92 Å². The first-order valence-corrected chi connectivity index (χ1v) is 11.7. The number of thiophene rings is 1. The standard InChI is InChI=1S/C21H21NO4S2/c1-28(24,25)22-19-7-3-2-6-17(19)14-8-9-18-20(12-14)26-13-15(21(18)23)11-16-5-4-10-27-16/h2-10,12,15,21-23H,11,13H2,1H3. The first-order chi connectivity index (χ1) is 13.4. The molecule has 0 saturated carbocycles. The van der Waals surface area contributed by atoms with E-state index in [1.807, 2.05) is 41.8 Å². The number of sulfonamides is 1. The SMILES string of the molecule is CS(=O)(=O)Nc1ccccc1-c1ccc2c(c1)OCC(Cc1cccs1)C2O. The zero-order chi connectivity index (χ0) is 19.7. The second-order valence-electron chi connectivity index (χ2n) is 6.97. The van der Waals surface area contributed by atoms with Gasteiger partial charge < -0.3 is 9.84 Å². The van der Waals surface area contributed by atoms with Crippen LogP contribution < -0.4 is 9.46 Å². The Morgan fingerprint density at radius 2 is 2.00 bits per heavy atom. The average Bonchev–Trinajstić information content (AvgIpc) is 3.16. The van der Waals surface area contributed by atoms with Crippen molar-refractivity contribution in [3.05, 3.63) is 70.4 Å². The molecule has 0 radical (unpaired) electrons. The zero-order valence-corrected chi connectivity index (χ0v) is 17.0. The summed E-state index contributed by atoms with van der Waals surface area (Å²) in [5, 5.41) is 12.9. The van der Waals surface area contributed by atoms with Crippen LogP contribution in [0.15, 0.2) is 60.0 Å². The van der Waals surface area contributed by atoms with Gasteiger partial charge in [-0.2, -0.15) is 0 Å². The van der Waals surface area contributed by atoms with Crippen molar-refractivity contribution >= 4 is 27.0 Å². The van der Waals surface area contributed by atoms with E-state index in [4.69, 9.17) is 4.74 Å². The van der Waals surface area contributed by atoms with Gasteiger partial charge in [0.25, 0.3) is 0 Å². The highest BCUT2D eigenvalue weighted by Gasteiger charge is 2.30. The Morgan fingerprint density at radius 3 is 2.75 bits per heavy atom. The maximum atomic E-state index is 11.7. The highest BCUT2D eigenvalue weighted by molar-refractivity contribution is 7.92. The number of hydrogen-bond donors (Lipinski definition) is 2. The van der Waals surface area contributed by atoms with E-state index in [0.717, 1.165) is 29.4 Å². The highest BCUT2D eigenvalue weighted by Crippen LogP contribution is 2.40. The fourth-order valence-electron chi connectivity index (χ4n) is 3.49. The molecule has 3 aromatic rings. The molecule has 0 bridgehead atoms. The van der Waals surface area contributed by atoms with E-state index >= 15 is 0 Å². The zero-order valence-electron chi connectivity index (χ0n) is 15.3. The Labute approximate surface area is 168 Å². The summed E-state index contributed by atoms with van der Waals surface area (Å²) < 4.78 is 31.8. The molecule has 2 aromatic carbocycles. The normalized spacial score (nSPS) is 18.9. The van der Waals surface area contributed by atoms with Crippen LogP contribution >= 0.6 is 11.3 Å². The number of anilines is 1.